The topological polar surface area (TPSA) is 84.7 Å². The van der Waals surface area contributed by atoms with Crippen LogP contribution in [0.15, 0.2) is 64.2 Å². The summed E-state index contributed by atoms with van der Waals surface area (Å²) in [7, 11) is 1.63. The van der Waals surface area contributed by atoms with E-state index in [2.05, 4.69) is 0 Å². The zero-order chi connectivity index (χ0) is 24.7. The first-order chi connectivity index (χ1) is 16.9. The van der Waals surface area contributed by atoms with E-state index in [1.807, 2.05) is 84.3 Å². The normalized spacial score (nSPS) is 11.5. The fourth-order valence-electron chi connectivity index (χ4n) is 4.34. The van der Waals surface area contributed by atoms with Crippen LogP contribution in [-0.4, -0.2) is 36.3 Å². The Morgan fingerprint density at radius 1 is 0.914 bits per heavy atom. The molecule has 0 aliphatic rings. The van der Waals surface area contributed by atoms with E-state index in [-0.39, 0.29) is 18.7 Å². The van der Waals surface area contributed by atoms with Crippen molar-refractivity contribution in [1.82, 2.24) is 23.1 Å². The van der Waals surface area contributed by atoms with Gasteiger partial charge >= 0.3 is 5.69 Å². The Labute approximate surface area is 201 Å². The van der Waals surface area contributed by atoms with Crippen LogP contribution in [0.25, 0.3) is 22.6 Å². The molecule has 0 atom stereocenters. The van der Waals surface area contributed by atoms with E-state index in [9.17, 15) is 9.59 Å². The largest absolute Gasteiger partial charge is 0.457 e. The quantitative estimate of drug-likeness (QED) is 0.337. The molecular weight excluding hydrogens is 446 g/mol. The van der Waals surface area contributed by atoms with Crippen molar-refractivity contribution >= 4 is 16.9 Å². The summed E-state index contributed by atoms with van der Waals surface area (Å²) in [5, 5.41) is 0. The van der Waals surface area contributed by atoms with E-state index in [1.54, 1.807) is 7.05 Å². The van der Waals surface area contributed by atoms with Crippen molar-refractivity contribution in [3.8, 4) is 17.2 Å². The molecule has 0 aliphatic carbocycles. The summed E-state index contributed by atoms with van der Waals surface area (Å²) in [6.45, 7) is 6.80. The molecule has 9 heteroatoms. The van der Waals surface area contributed by atoms with Gasteiger partial charge < -0.3 is 9.47 Å². The second-order valence-electron chi connectivity index (χ2n) is 8.33. The van der Waals surface area contributed by atoms with Gasteiger partial charge in [-0.15, -0.1) is 0 Å². The van der Waals surface area contributed by atoms with E-state index in [4.69, 9.17) is 14.5 Å². The van der Waals surface area contributed by atoms with E-state index in [1.165, 1.54) is 9.13 Å². The van der Waals surface area contributed by atoms with Gasteiger partial charge in [0.25, 0.3) is 5.56 Å². The van der Waals surface area contributed by atoms with Gasteiger partial charge in [-0.1, -0.05) is 18.2 Å². The van der Waals surface area contributed by atoms with Crippen molar-refractivity contribution in [2.24, 2.45) is 7.05 Å². The van der Waals surface area contributed by atoms with Gasteiger partial charge in [0.05, 0.1) is 13.2 Å². The van der Waals surface area contributed by atoms with Crippen molar-refractivity contribution in [3.05, 3.63) is 86.8 Å². The number of hydrogen-bond donors (Lipinski definition) is 0. The fraction of sp³-hybridized carbons (Fsp3) is 0.269. The van der Waals surface area contributed by atoms with Gasteiger partial charge in [0.1, 0.15) is 11.5 Å². The third kappa shape index (κ3) is 3.74. The molecule has 5 rings (SSSR count). The van der Waals surface area contributed by atoms with Crippen molar-refractivity contribution in [2.75, 3.05) is 13.2 Å². The molecular formula is C26H27N5O4. The number of aromatic nitrogens is 5. The number of hydrogen-bond acceptors (Lipinski definition) is 5. The van der Waals surface area contributed by atoms with Crippen LogP contribution in [0.5, 0.6) is 11.5 Å². The third-order valence-corrected chi connectivity index (χ3v) is 6.26. The lowest BCUT2D eigenvalue weighted by Gasteiger charge is -2.09. The van der Waals surface area contributed by atoms with E-state index in [0.29, 0.717) is 29.3 Å². The van der Waals surface area contributed by atoms with Gasteiger partial charge in [0.15, 0.2) is 11.2 Å². The Morgan fingerprint density at radius 2 is 1.60 bits per heavy atom. The number of nitrogens with zero attached hydrogens (tertiary/aromatic N) is 5. The van der Waals surface area contributed by atoms with E-state index >= 15 is 0 Å². The molecule has 2 aromatic carbocycles. The predicted molar refractivity (Wildman–Crippen MR) is 134 cm³/mol. The predicted octanol–water partition coefficient (Wildman–Crippen LogP) is 3.58. The second-order valence-corrected chi connectivity index (χ2v) is 8.33. The van der Waals surface area contributed by atoms with Crippen LogP contribution >= 0.6 is 0 Å². The lowest BCUT2D eigenvalue weighted by Crippen LogP contribution is -2.40. The Morgan fingerprint density at radius 3 is 2.29 bits per heavy atom. The molecule has 0 saturated carbocycles. The molecule has 0 amide bonds. The van der Waals surface area contributed by atoms with Crippen molar-refractivity contribution in [3.63, 3.8) is 0 Å². The van der Waals surface area contributed by atoms with Crippen molar-refractivity contribution in [2.45, 2.75) is 27.3 Å². The van der Waals surface area contributed by atoms with Gasteiger partial charge in [-0.2, -0.15) is 4.98 Å². The monoisotopic (exact) mass is 473 g/mol. The zero-order valence-corrected chi connectivity index (χ0v) is 20.2. The maximum absolute atomic E-state index is 13.4. The first kappa shape index (κ1) is 22.7. The molecule has 5 aromatic rings. The third-order valence-electron chi connectivity index (χ3n) is 6.26. The molecule has 0 saturated heterocycles. The number of fused-ring (bicyclic) bond motifs is 3. The smallest absolute Gasteiger partial charge is 0.332 e. The molecule has 3 aromatic heterocycles. The maximum Gasteiger partial charge on any atom is 0.332 e. The standard InChI is InChI=1S/C26H27N5O4/c1-5-34-16-15-29-24(32)22-23(28(4)26(29)33)27-25-30(17(2)18(3)31(22)25)19-11-13-21(14-12-19)35-20-9-7-6-8-10-20/h6-14H,5,15-16H2,1-4H3. The average molecular weight is 474 g/mol. The van der Waals surface area contributed by atoms with Crippen LogP contribution < -0.4 is 16.0 Å². The summed E-state index contributed by atoms with van der Waals surface area (Å²) < 4.78 is 17.7. The molecule has 0 fully saturated rings. The van der Waals surface area contributed by atoms with E-state index in [0.717, 1.165) is 22.8 Å². The molecule has 0 spiro atoms. The SMILES string of the molecule is CCOCCn1c(=O)c2c(nc3n(-c4ccc(Oc5ccccc5)cc4)c(C)c(C)n23)n(C)c1=O. The first-order valence-electron chi connectivity index (χ1n) is 11.5. The average Bonchev–Trinajstić information content (AvgIpc) is 3.36. The van der Waals surface area contributed by atoms with Crippen LogP contribution in [0, 0.1) is 13.8 Å². The first-order valence-corrected chi connectivity index (χ1v) is 11.5. The van der Waals surface area contributed by atoms with Gasteiger partial charge in [-0.25, -0.2) is 4.79 Å². The molecule has 0 radical (unpaired) electrons. The zero-order valence-electron chi connectivity index (χ0n) is 20.2. The van der Waals surface area contributed by atoms with Crippen molar-refractivity contribution < 1.29 is 9.47 Å². The van der Waals surface area contributed by atoms with Crippen LogP contribution in [0.2, 0.25) is 0 Å². The molecule has 35 heavy (non-hydrogen) atoms. The molecule has 0 aliphatic heterocycles. The summed E-state index contributed by atoms with van der Waals surface area (Å²) in [6.07, 6.45) is 0. The number of para-hydroxylation sites is 1. The number of imidazole rings is 2. The highest BCUT2D eigenvalue weighted by molar-refractivity contribution is 5.77. The lowest BCUT2D eigenvalue weighted by atomic mass is 10.2. The summed E-state index contributed by atoms with van der Waals surface area (Å²) in [6, 6.07) is 17.3. The van der Waals surface area contributed by atoms with Gasteiger partial charge in [0.2, 0.25) is 5.78 Å². The molecule has 9 nitrogen and oxygen atoms in total. The fourth-order valence-corrected chi connectivity index (χ4v) is 4.34. The summed E-state index contributed by atoms with van der Waals surface area (Å²) >= 11 is 0. The van der Waals surface area contributed by atoms with Crippen molar-refractivity contribution in [1.29, 1.82) is 0 Å². The molecule has 0 N–H and O–H groups in total. The number of ether oxygens (including phenoxy) is 2. The summed E-state index contributed by atoms with van der Waals surface area (Å²) in [5.74, 6) is 2.05. The number of rotatable bonds is 7. The highest BCUT2D eigenvalue weighted by Gasteiger charge is 2.23. The minimum atomic E-state index is -0.411. The Hall–Kier alpha value is -4.11. The molecule has 3 heterocycles. The molecule has 0 bridgehead atoms. The highest BCUT2D eigenvalue weighted by atomic mass is 16.5. The Bertz CT molecular complexity index is 1640. The highest BCUT2D eigenvalue weighted by Crippen LogP contribution is 2.27. The summed E-state index contributed by atoms with van der Waals surface area (Å²) in [4.78, 5) is 31.0. The van der Waals surface area contributed by atoms with Crippen LogP contribution in [-0.2, 0) is 18.3 Å². The Kier molecular flexibility index (Phi) is 5.78. The molecule has 0 unspecified atom stereocenters. The number of aryl methyl sites for hydroxylation is 2. The maximum atomic E-state index is 13.4. The van der Waals surface area contributed by atoms with Gasteiger partial charge in [-0.05, 0) is 57.2 Å². The Balaban J connectivity index is 1.64. The minimum absolute atomic E-state index is 0.185. The van der Waals surface area contributed by atoms with Crippen LogP contribution in [0.3, 0.4) is 0 Å². The lowest BCUT2D eigenvalue weighted by molar-refractivity contribution is 0.137. The molecule has 180 valence electrons. The van der Waals surface area contributed by atoms with Crippen LogP contribution in [0.1, 0.15) is 18.3 Å². The summed E-state index contributed by atoms with van der Waals surface area (Å²) in [5.41, 5.74) is 2.64. The van der Waals surface area contributed by atoms with Gasteiger partial charge in [0, 0.05) is 30.7 Å². The minimum Gasteiger partial charge on any atom is -0.457 e. The van der Waals surface area contributed by atoms with Gasteiger partial charge in [-0.3, -0.25) is 22.9 Å². The second kappa shape index (κ2) is 8.92. The number of benzene rings is 2. The van der Waals surface area contributed by atoms with Crippen LogP contribution in [0.4, 0.5) is 0 Å². The van der Waals surface area contributed by atoms with E-state index < -0.39 is 5.69 Å².